The maximum Gasteiger partial charge on any atom is 0.0541 e. The molecule has 2 heterocycles. The second kappa shape index (κ2) is 6.93. The predicted octanol–water partition coefficient (Wildman–Crippen LogP) is 3.51. The zero-order chi connectivity index (χ0) is 14.7. The molecule has 0 spiro atoms. The summed E-state index contributed by atoms with van der Waals surface area (Å²) in [6.45, 7) is 2.83. The predicted molar refractivity (Wildman–Crippen MR) is 90.1 cm³/mol. The van der Waals surface area contributed by atoms with E-state index in [1.165, 1.54) is 11.3 Å². The van der Waals surface area contributed by atoms with Gasteiger partial charge in [-0.25, -0.2) is 0 Å². The number of nitrogens with zero attached hydrogens (tertiary/aromatic N) is 2. The zero-order valence-corrected chi connectivity index (χ0v) is 14.1. The summed E-state index contributed by atoms with van der Waals surface area (Å²) in [7, 11) is 2.08. The number of ether oxygens (including phenoxy) is 1. The molecule has 0 aromatic heterocycles. The summed E-state index contributed by atoms with van der Waals surface area (Å²) in [5.41, 5.74) is 2.75. The topological polar surface area (TPSA) is 24.8 Å². The van der Waals surface area contributed by atoms with Gasteiger partial charge < -0.3 is 4.74 Å². The van der Waals surface area contributed by atoms with Crippen LogP contribution in [-0.2, 0) is 4.74 Å². The Labute approximate surface area is 135 Å². The normalized spacial score (nSPS) is 25.0. The molecule has 0 bridgehead atoms. The van der Waals surface area contributed by atoms with Crippen molar-refractivity contribution in [3.05, 3.63) is 35.9 Å². The highest BCUT2D eigenvalue weighted by atomic mass is 79.9. The highest BCUT2D eigenvalue weighted by molar-refractivity contribution is 9.09. The second-order valence-corrected chi connectivity index (χ2v) is 6.62. The van der Waals surface area contributed by atoms with Gasteiger partial charge in [0.1, 0.15) is 0 Å². The molecule has 0 aliphatic carbocycles. The highest BCUT2D eigenvalue weighted by Gasteiger charge is 2.37. The second-order valence-electron chi connectivity index (χ2n) is 6.06. The largest absolute Gasteiger partial charge is 0.381 e. The SMILES string of the molecule is CN1CC(C(c2ccccc2)C2CCOCC2)C(CBr)=N1. The van der Waals surface area contributed by atoms with Gasteiger partial charge in [0, 0.05) is 38.1 Å². The first-order valence-corrected chi connectivity index (χ1v) is 8.89. The molecular formula is C17H23BrN2O. The molecule has 0 radical (unpaired) electrons. The van der Waals surface area contributed by atoms with Crippen LogP contribution in [0.2, 0.25) is 0 Å². The number of hydrogen-bond acceptors (Lipinski definition) is 3. The fourth-order valence-electron chi connectivity index (χ4n) is 3.75. The van der Waals surface area contributed by atoms with Crippen molar-refractivity contribution in [2.75, 3.05) is 32.1 Å². The Morgan fingerprint density at radius 2 is 2.00 bits per heavy atom. The molecule has 2 aliphatic rings. The highest BCUT2D eigenvalue weighted by Crippen LogP contribution is 2.40. The van der Waals surface area contributed by atoms with Crippen LogP contribution in [0.3, 0.4) is 0 Å². The summed E-state index contributed by atoms with van der Waals surface area (Å²) < 4.78 is 5.57. The van der Waals surface area contributed by atoms with Gasteiger partial charge in [-0.2, -0.15) is 5.10 Å². The average molecular weight is 351 g/mol. The first-order chi connectivity index (χ1) is 10.3. The van der Waals surface area contributed by atoms with E-state index in [1.807, 2.05) is 0 Å². The van der Waals surface area contributed by atoms with Crippen molar-refractivity contribution in [1.82, 2.24) is 5.01 Å². The Hall–Kier alpha value is -0.870. The van der Waals surface area contributed by atoms with Crippen molar-refractivity contribution in [1.29, 1.82) is 0 Å². The fraction of sp³-hybridized carbons (Fsp3) is 0.588. The first kappa shape index (κ1) is 15.0. The van der Waals surface area contributed by atoms with Crippen molar-refractivity contribution >= 4 is 21.6 Å². The molecule has 21 heavy (non-hydrogen) atoms. The Balaban J connectivity index is 1.90. The Morgan fingerprint density at radius 1 is 1.29 bits per heavy atom. The van der Waals surface area contributed by atoms with E-state index in [1.54, 1.807) is 0 Å². The molecule has 1 aromatic carbocycles. The van der Waals surface area contributed by atoms with Gasteiger partial charge in [0.05, 0.1) is 5.71 Å². The van der Waals surface area contributed by atoms with Gasteiger partial charge >= 0.3 is 0 Å². The summed E-state index contributed by atoms with van der Waals surface area (Å²) in [4.78, 5) is 0. The van der Waals surface area contributed by atoms with Crippen LogP contribution >= 0.6 is 15.9 Å². The molecule has 0 saturated carbocycles. The van der Waals surface area contributed by atoms with Crippen LogP contribution in [0.4, 0.5) is 0 Å². The Kier molecular flexibility index (Phi) is 4.96. The molecular weight excluding hydrogens is 328 g/mol. The number of rotatable bonds is 4. The van der Waals surface area contributed by atoms with E-state index < -0.39 is 0 Å². The molecule has 2 unspecified atom stereocenters. The molecule has 4 heteroatoms. The third-order valence-corrected chi connectivity index (χ3v) is 5.29. The smallest absolute Gasteiger partial charge is 0.0541 e. The molecule has 1 saturated heterocycles. The van der Waals surface area contributed by atoms with Crippen molar-refractivity contribution < 1.29 is 4.74 Å². The molecule has 3 rings (SSSR count). The minimum Gasteiger partial charge on any atom is -0.381 e. The van der Waals surface area contributed by atoms with E-state index in [2.05, 4.69) is 58.3 Å². The number of alkyl halides is 1. The summed E-state index contributed by atoms with van der Waals surface area (Å²) in [5, 5.41) is 7.66. The monoisotopic (exact) mass is 350 g/mol. The molecule has 1 aromatic rings. The van der Waals surface area contributed by atoms with Crippen LogP contribution in [0.5, 0.6) is 0 Å². The number of hydrogen-bond donors (Lipinski definition) is 0. The Morgan fingerprint density at radius 3 is 2.67 bits per heavy atom. The van der Waals surface area contributed by atoms with Crippen molar-refractivity contribution in [3.8, 4) is 0 Å². The maximum absolute atomic E-state index is 5.57. The van der Waals surface area contributed by atoms with Crippen molar-refractivity contribution in [2.24, 2.45) is 16.9 Å². The standard InChI is InChI=1S/C17H23BrN2O/c1-20-12-15(16(11-18)19-20)17(13-5-3-2-4-6-13)14-7-9-21-10-8-14/h2-6,14-15,17H,7-12H2,1H3. The molecule has 2 aliphatic heterocycles. The summed E-state index contributed by atoms with van der Waals surface area (Å²) >= 11 is 3.63. The molecule has 114 valence electrons. The average Bonchev–Trinajstić information content (AvgIpc) is 2.90. The van der Waals surface area contributed by atoms with Crippen LogP contribution in [0.25, 0.3) is 0 Å². The third-order valence-electron chi connectivity index (χ3n) is 4.72. The van der Waals surface area contributed by atoms with Crippen LogP contribution in [-0.4, -0.2) is 42.9 Å². The van der Waals surface area contributed by atoms with Gasteiger partial charge in [0.25, 0.3) is 0 Å². The third kappa shape index (κ3) is 3.32. The summed E-state index contributed by atoms with van der Waals surface area (Å²) in [5.74, 6) is 1.76. The van der Waals surface area contributed by atoms with Crippen LogP contribution in [0, 0.1) is 11.8 Å². The van der Waals surface area contributed by atoms with E-state index in [4.69, 9.17) is 9.84 Å². The quantitative estimate of drug-likeness (QED) is 0.776. The number of benzene rings is 1. The van der Waals surface area contributed by atoms with Crippen molar-refractivity contribution in [2.45, 2.75) is 18.8 Å². The van der Waals surface area contributed by atoms with Gasteiger partial charge in [-0.3, -0.25) is 5.01 Å². The molecule has 0 amide bonds. The van der Waals surface area contributed by atoms with Crippen molar-refractivity contribution in [3.63, 3.8) is 0 Å². The minimum atomic E-state index is 0.514. The number of hydrazone groups is 1. The molecule has 1 fully saturated rings. The van der Waals surface area contributed by atoms with E-state index in [9.17, 15) is 0 Å². The fourth-order valence-corrected chi connectivity index (χ4v) is 4.28. The van der Waals surface area contributed by atoms with E-state index in [0.29, 0.717) is 17.8 Å². The summed E-state index contributed by atoms with van der Waals surface area (Å²) in [6.07, 6.45) is 2.32. The van der Waals surface area contributed by atoms with Crippen LogP contribution in [0.15, 0.2) is 35.4 Å². The lowest BCUT2D eigenvalue weighted by Crippen LogP contribution is -2.33. The number of halogens is 1. The zero-order valence-electron chi connectivity index (χ0n) is 12.5. The minimum absolute atomic E-state index is 0.514. The lowest BCUT2D eigenvalue weighted by atomic mass is 9.72. The van der Waals surface area contributed by atoms with Crippen LogP contribution in [0.1, 0.15) is 24.3 Å². The molecule has 3 nitrogen and oxygen atoms in total. The summed E-state index contributed by atoms with van der Waals surface area (Å²) in [6, 6.07) is 11.0. The van der Waals surface area contributed by atoms with Gasteiger partial charge in [0.2, 0.25) is 0 Å². The van der Waals surface area contributed by atoms with Gasteiger partial charge in [-0.15, -0.1) is 0 Å². The molecule has 2 atom stereocenters. The van der Waals surface area contributed by atoms with Crippen LogP contribution < -0.4 is 0 Å². The lowest BCUT2D eigenvalue weighted by Gasteiger charge is -2.35. The Bertz CT molecular complexity index is 485. The molecule has 0 N–H and O–H groups in total. The van der Waals surface area contributed by atoms with E-state index in [-0.39, 0.29) is 0 Å². The van der Waals surface area contributed by atoms with Gasteiger partial charge in [0.15, 0.2) is 0 Å². The first-order valence-electron chi connectivity index (χ1n) is 7.76. The maximum atomic E-state index is 5.57. The van der Waals surface area contributed by atoms with Gasteiger partial charge in [-0.1, -0.05) is 46.3 Å². The van der Waals surface area contributed by atoms with E-state index >= 15 is 0 Å². The van der Waals surface area contributed by atoms with E-state index in [0.717, 1.165) is 37.9 Å². The van der Waals surface area contributed by atoms with Gasteiger partial charge in [-0.05, 0) is 30.2 Å². The lowest BCUT2D eigenvalue weighted by molar-refractivity contribution is 0.0531.